The molecule has 0 amide bonds. The molecule has 0 radical (unpaired) electrons. The summed E-state index contributed by atoms with van der Waals surface area (Å²) >= 11 is 0. The van der Waals surface area contributed by atoms with Crippen molar-refractivity contribution in [2.24, 2.45) is 34.7 Å². The van der Waals surface area contributed by atoms with Gasteiger partial charge in [0.25, 0.3) is 5.69 Å². The zero-order chi connectivity index (χ0) is 17.6. The maximum Gasteiger partial charge on any atom is 0.301 e. The summed E-state index contributed by atoms with van der Waals surface area (Å²) in [5.74, 6) is 2.85. The third kappa shape index (κ3) is 2.67. The summed E-state index contributed by atoms with van der Waals surface area (Å²) in [6, 6.07) is 3.51. The number of anilines is 1. The van der Waals surface area contributed by atoms with Crippen LogP contribution in [-0.4, -0.2) is 16.1 Å². The Bertz CT molecular complexity index is 791. The fourth-order valence-electron chi connectivity index (χ4n) is 4.75. The minimum Gasteiger partial charge on any atom is -0.272 e. The normalized spacial score (nSPS) is 32.2. The van der Waals surface area contributed by atoms with Crippen LogP contribution < -0.4 is 5.43 Å². The van der Waals surface area contributed by atoms with Crippen molar-refractivity contribution in [1.82, 2.24) is 0 Å². The first kappa shape index (κ1) is 15.7. The molecule has 0 aromatic heterocycles. The number of nitrogens with one attached hydrogen (secondary N) is 1. The minimum absolute atomic E-state index is 0.161. The van der Waals surface area contributed by atoms with Crippen LogP contribution in [0.4, 0.5) is 17.1 Å². The lowest BCUT2D eigenvalue weighted by Gasteiger charge is -2.53. The summed E-state index contributed by atoms with van der Waals surface area (Å²) in [7, 11) is 0. The Labute approximate surface area is 143 Å². The molecule has 1 aromatic carbocycles. The zero-order valence-corrected chi connectivity index (χ0v) is 13.4. The molecule has 0 saturated heterocycles. The molecule has 8 nitrogen and oxygen atoms in total. The van der Waals surface area contributed by atoms with Crippen LogP contribution in [0.15, 0.2) is 35.5 Å². The van der Waals surface area contributed by atoms with Gasteiger partial charge >= 0.3 is 5.69 Å². The molecule has 130 valence electrons. The molecule has 3 saturated carbocycles. The highest BCUT2D eigenvalue weighted by Gasteiger charge is 2.48. The van der Waals surface area contributed by atoms with Crippen LogP contribution in [0.1, 0.15) is 19.3 Å². The molecular weight excluding hydrogens is 324 g/mol. The van der Waals surface area contributed by atoms with E-state index in [4.69, 9.17) is 0 Å². The van der Waals surface area contributed by atoms with Gasteiger partial charge in [0.1, 0.15) is 5.69 Å². The smallest absolute Gasteiger partial charge is 0.272 e. The summed E-state index contributed by atoms with van der Waals surface area (Å²) in [6.07, 6.45) is 10.3. The van der Waals surface area contributed by atoms with Crippen molar-refractivity contribution in [2.75, 3.05) is 5.43 Å². The van der Waals surface area contributed by atoms with E-state index in [1.165, 1.54) is 31.4 Å². The Morgan fingerprint density at radius 3 is 2.68 bits per heavy atom. The van der Waals surface area contributed by atoms with Gasteiger partial charge in [-0.2, -0.15) is 5.10 Å². The molecule has 6 rings (SSSR count). The molecule has 1 aromatic rings. The lowest BCUT2D eigenvalue weighted by molar-refractivity contribution is -0.393. The number of nitro benzene ring substituents is 2. The van der Waals surface area contributed by atoms with Gasteiger partial charge in [0.2, 0.25) is 0 Å². The van der Waals surface area contributed by atoms with Crippen LogP contribution in [0.3, 0.4) is 0 Å². The van der Waals surface area contributed by atoms with Gasteiger partial charge in [-0.15, -0.1) is 0 Å². The van der Waals surface area contributed by atoms with Crippen LogP contribution in [0, 0.1) is 49.8 Å². The predicted molar refractivity (Wildman–Crippen MR) is 92.3 cm³/mol. The molecule has 0 heterocycles. The second-order valence-electron chi connectivity index (χ2n) is 7.05. The highest BCUT2D eigenvalue weighted by molar-refractivity contribution is 5.69. The van der Waals surface area contributed by atoms with Gasteiger partial charge in [-0.3, -0.25) is 25.7 Å². The Morgan fingerprint density at radius 1 is 1.16 bits per heavy atom. The Hall–Kier alpha value is -2.77. The summed E-state index contributed by atoms with van der Waals surface area (Å²) in [5, 5.41) is 26.2. The zero-order valence-electron chi connectivity index (χ0n) is 13.4. The number of benzene rings is 1. The maximum absolute atomic E-state index is 11.2. The van der Waals surface area contributed by atoms with Gasteiger partial charge < -0.3 is 0 Å². The van der Waals surface area contributed by atoms with Gasteiger partial charge in [0, 0.05) is 18.2 Å². The third-order valence-electron chi connectivity index (χ3n) is 5.88. The predicted octanol–water partition coefficient (Wildman–Crippen LogP) is 3.75. The van der Waals surface area contributed by atoms with E-state index < -0.39 is 9.85 Å². The molecule has 0 spiro atoms. The van der Waals surface area contributed by atoms with Crippen LogP contribution in [-0.2, 0) is 0 Å². The molecule has 0 aliphatic heterocycles. The van der Waals surface area contributed by atoms with E-state index in [0.29, 0.717) is 23.7 Å². The van der Waals surface area contributed by atoms with Crippen LogP contribution >= 0.6 is 0 Å². The number of non-ortho nitro benzene ring substituents is 1. The van der Waals surface area contributed by atoms with E-state index >= 15 is 0 Å². The first-order valence-corrected chi connectivity index (χ1v) is 8.45. The number of rotatable bonds is 5. The largest absolute Gasteiger partial charge is 0.301 e. The first-order chi connectivity index (χ1) is 12.0. The number of nitrogens with zero attached hydrogens (tertiary/aromatic N) is 3. The van der Waals surface area contributed by atoms with E-state index in [1.54, 1.807) is 0 Å². The molecule has 8 heteroatoms. The van der Waals surface area contributed by atoms with Gasteiger partial charge in [0.05, 0.1) is 15.9 Å². The lowest BCUT2D eigenvalue weighted by atomic mass is 9.51. The van der Waals surface area contributed by atoms with Crippen molar-refractivity contribution < 1.29 is 9.85 Å². The molecule has 5 aliphatic carbocycles. The quantitative estimate of drug-likeness (QED) is 0.379. The van der Waals surface area contributed by atoms with Gasteiger partial charge in [-0.05, 0) is 49.0 Å². The Balaban J connectivity index is 1.52. The molecular formula is C17H18N4O4. The molecule has 25 heavy (non-hydrogen) atoms. The first-order valence-electron chi connectivity index (χ1n) is 8.45. The molecule has 1 N–H and O–H groups in total. The molecule has 3 fully saturated rings. The minimum atomic E-state index is -0.651. The number of hydrogen-bond acceptors (Lipinski definition) is 6. The van der Waals surface area contributed by atoms with Crippen molar-refractivity contribution in [3.8, 4) is 0 Å². The van der Waals surface area contributed by atoms with E-state index in [-0.39, 0.29) is 17.1 Å². The maximum atomic E-state index is 11.2. The Morgan fingerprint density at radius 2 is 2.00 bits per heavy atom. The second kappa shape index (κ2) is 5.94. The van der Waals surface area contributed by atoms with E-state index in [0.717, 1.165) is 12.0 Å². The van der Waals surface area contributed by atoms with Crippen molar-refractivity contribution >= 4 is 23.3 Å². The van der Waals surface area contributed by atoms with E-state index in [1.807, 2.05) is 6.21 Å². The topological polar surface area (TPSA) is 111 Å². The third-order valence-corrected chi connectivity index (χ3v) is 5.88. The number of hydrazone groups is 1. The average Bonchev–Trinajstić information content (AvgIpc) is 2.61. The fourth-order valence-corrected chi connectivity index (χ4v) is 4.75. The highest BCUT2D eigenvalue weighted by atomic mass is 16.6. The molecule has 5 atom stereocenters. The number of fused-ring (bicyclic) bond motifs is 1. The SMILES string of the molecule is O=[N+]([O-])c1ccc(N/N=C/[C@@H]2[C@@H]3C=C[C@H]4C[C@@H]3CC[C@@H]24)c([N+](=O)[O-])c1. The van der Waals surface area contributed by atoms with Gasteiger partial charge in [-0.25, -0.2) is 0 Å². The van der Waals surface area contributed by atoms with E-state index in [2.05, 4.69) is 22.7 Å². The van der Waals surface area contributed by atoms with Crippen molar-refractivity contribution in [3.63, 3.8) is 0 Å². The number of nitro groups is 2. The van der Waals surface area contributed by atoms with Crippen molar-refractivity contribution in [3.05, 3.63) is 50.6 Å². The number of hydrogen-bond donors (Lipinski definition) is 1. The lowest BCUT2D eigenvalue weighted by Crippen LogP contribution is -2.47. The van der Waals surface area contributed by atoms with Gasteiger partial charge in [-0.1, -0.05) is 12.2 Å². The Kier molecular flexibility index (Phi) is 3.74. The average molecular weight is 342 g/mol. The van der Waals surface area contributed by atoms with Crippen LogP contribution in [0.2, 0.25) is 0 Å². The van der Waals surface area contributed by atoms with E-state index in [9.17, 15) is 20.2 Å². The van der Waals surface area contributed by atoms with Gasteiger partial charge in [0.15, 0.2) is 0 Å². The molecule has 0 unspecified atom stereocenters. The van der Waals surface area contributed by atoms with Crippen LogP contribution in [0.5, 0.6) is 0 Å². The van der Waals surface area contributed by atoms with Crippen molar-refractivity contribution in [2.45, 2.75) is 19.3 Å². The summed E-state index contributed by atoms with van der Waals surface area (Å²) in [4.78, 5) is 20.6. The summed E-state index contributed by atoms with van der Waals surface area (Å²) in [6.45, 7) is 0. The monoisotopic (exact) mass is 342 g/mol. The fraction of sp³-hybridized carbons (Fsp3) is 0.471. The summed E-state index contributed by atoms with van der Waals surface area (Å²) < 4.78 is 0. The second-order valence-corrected chi connectivity index (χ2v) is 7.05. The summed E-state index contributed by atoms with van der Waals surface area (Å²) in [5.41, 5.74) is 2.21. The highest BCUT2D eigenvalue weighted by Crippen LogP contribution is 2.55. The molecule has 5 aliphatic rings. The van der Waals surface area contributed by atoms with Crippen molar-refractivity contribution in [1.29, 1.82) is 0 Å². The molecule has 4 bridgehead atoms. The number of allylic oxidation sites excluding steroid dienone is 2. The van der Waals surface area contributed by atoms with Crippen LogP contribution in [0.25, 0.3) is 0 Å². The standard InChI is InChI=1S/C17H18N4O4/c22-20(23)12-3-6-16(17(8-12)21(24)25)19-18-9-15-13-4-1-10-7-11(13)2-5-14(10)15/h1,3-4,6,8-11,13-15,19H,2,5,7H2/b18-9+/t10-,11-,13+,14+,15+/m0/s1.